The summed E-state index contributed by atoms with van der Waals surface area (Å²) in [6, 6.07) is 1.15. The largest absolute Gasteiger partial charge is 0.300 e. The SMILES string of the molecule is Cc1nc(C(C)C)c2c(c1C)[C@@H](C)[C@@H](C)N(C)[C@@H](C)CC2C(C)C. The third-order valence-electron chi connectivity index (χ3n) is 6.64. The van der Waals surface area contributed by atoms with Crippen LogP contribution < -0.4 is 0 Å². The molecule has 0 saturated carbocycles. The molecule has 2 rings (SSSR count). The Morgan fingerprint density at radius 1 is 1.00 bits per heavy atom. The van der Waals surface area contributed by atoms with Crippen molar-refractivity contribution in [2.45, 2.75) is 98.6 Å². The summed E-state index contributed by atoms with van der Waals surface area (Å²) in [5.74, 6) is 2.25. The molecular formula is C22H38N2. The summed E-state index contributed by atoms with van der Waals surface area (Å²) in [6.07, 6.45) is 1.22. The second-order valence-electron chi connectivity index (χ2n) is 8.82. The second kappa shape index (κ2) is 7.15. The summed E-state index contributed by atoms with van der Waals surface area (Å²) in [5.41, 5.74) is 7.17. The number of aryl methyl sites for hydroxylation is 1. The highest BCUT2D eigenvalue weighted by molar-refractivity contribution is 5.46. The molecule has 2 heteroatoms. The highest BCUT2D eigenvalue weighted by atomic mass is 15.2. The Kier molecular flexibility index (Phi) is 5.79. The van der Waals surface area contributed by atoms with Crippen LogP contribution in [0.4, 0.5) is 0 Å². The van der Waals surface area contributed by atoms with Gasteiger partial charge in [-0.3, -0.25) is 4.98 Å². The molecule has 0 bridgehead atoms. The van der Waals surface area contributed by atoms with E-state index < -0.39 is 0 Å². The molecular weight excluding hydrogens is 292 g/mol. The molecule has 4 atom stereocenters. The minimum absolute atomic E-state index is 0.481. The van der Waals surface area contributed by atoms with Crippen molar-refractivity contribution in [3.63, 3.8) is 0 Å². The Morgan fingerprint density at radius 2 is 1.58 bits per heavy atom. The van der Waals surface area contributed by atoms with Gasteiger partial charge in [-0.1, -0.05) is 34.6 Å². The van der Waals surface area contributed by atoms with Gasteiger partial charge in [0.05, 0.1) is 0 Å². The van der Waals surface area contributed by atoms with Crippen molar-refractivity contribution in [3.05, 3.63) is 28.1 Å². The Balaban J connectivity index is 2.83. The molecule has 2 nitrogen and oxygen atoms in total. The molecule has 24 heavy (non-hydrogen) atoms. The lowest BCUT2D eigenvalue weighted by molar-refractivity contribution is 0.148. The number of rotatable bonds is 2. The lowest BCUT2D eigenvalue weighted by Gasteiger charge is -2.43. The van der Waals surface area contributed by atoms with Crippen LogP contribution in [0.15, 0.2) is 0 Å². The standard InChI is InChI=1S/C22H38N2/c1-12(2)19-11-14(5)24(10)18(9)16(7)20-15(6)17(8)23-22(13(3)4)21(19)20/h12-14,16,18-19H,11H2,1-10H3/t14-,16-,18+,19?/m0/s1. The molecule has 0 radical (unpaired) electrons. The van der Waals surface area contributed by atoms with E-state index in [1.807, 2.05) is 0 Å². The Bertz CT molecular complexity index is 588. The zero-order valence-corrected chi connectivity index (χ0v) is 17.6. The molecule has 1 aromatic rings. The fraction of sp³-hybridized carbons (Fsp3) is 0.773. The maximum atomic E-state index is 5.08. The normalized spacial score (nSPS) is 28.8. The summed E-state index contributed by atoms with van der Waals surface area (Å²) < 4.78 is 0. The highest BCUT2D eigenvalue weighted by Gasteiger charge is 2.36. The van der Waals surface area contributed by atoms with E-state index in [2.05, 4.69) is 74.3 Å². The van der Waals surface area contributed by atoms with Crippen molar-refractivity contribution in [1.82, 2.24) is 9.88 Å². The molecule has 0 saturated heterocycles. The second-order valence-corrected chi connectivity index (χ2v) is 8.82. The van der Waals surface area contributed by atoms with Gasteiger partial charge in [0, 0.05) is 23.5 Å². The number of hydrogen-bond acceptors (Lipinski definition) is 2. The van der Waals surface area contributed by atoms with Gasteiger partial charge in [0.25, 0.3) is 0 Å². The summed E-state index contributed by atoms with van der Waals surface area (Å²) in [5, 5.41) is 0. The van der Waals surface area contributed by atoms with Gasteiger partial charge in [0.2, 0.25) is 0 Å². The van der Waals surface area contributed by atoms with Crippen molar-refractivity contribution < 1.29 is 0 Å². The van der Waals surface area contributed by atoms with Crippen LogP contribution in [0.5, 0.6) is 0 Å². The lowest BCUT2D eigenvalue weighted by Crippen LogP contribution is -2.43. The number of hydrogen-bond donors (Lipinski definition) is 0. The van der Waals surface area contributed by atoms with E-state index in [-0.39, 0.29) is 0 Å². The molecule has 1 unspecified atom stereocenters. The van der Waals surface area contributed by atoms with Gasteiger partial charge in [0.15, 0.2) is 0 Å². The fourth-order valence-corrected chi connectivity index (χ4v) is 4.53. The summed E-state index contributed by atoms with van der Waals surface area (Å²) in [7, 11) is 2.31. The van der Waals surface area contributed by atoms with E-state index >= 15 is 0 Å². The first-order valence-corrected chi connectivity index (χ1v) is 9.80. The van der Waals surface area contributed by atoms with Crippen LogP contribution in [0.2, 0.25) is 0 Å². The summed E-state index contributed by atoms with van der Waals surface area (Å²) in [4.78, 5) is 7.67. The maximum Gasteiger partial charge on any atom is 0.0470 e. The van der Waals surface area contributed by atoms with Crippen LogP contribution in [0.3, 0.4) is 0 Å². The van der Waals surface area contributed by atoms with Crippen LogP contribution in [-0.4, -0.2) is 29.0 Å². The molecule has 0 N–H and O–H groups in total. The first kappa shape index (κ1) is 19.4. The van der Waals surface area contributed by atoms with Gasteiger partial charge in [-0.25, -0.2) is 0 Å². The van der Waals surface area contributed by atoms with Crippen LogP contribution >= 0.6 is 0 Å². The van der Waals surface area contributed by atoms with Crippen molar-refractivity contribution in [2.75, 3.05) is 7.05 Å². The summed E-state index contributed by atoms with van der Waals surface area (Å²) in [6.45, 7) is 21.1. The Labute approximate surface area is 150 Å². The number of nitrogens with zero attached hydrogens (tertiary/aromatic N) is 2. The van der Waals surface area contributed by atoms with Crippen LogP contribution in [0.25, 0.3) is 0 Å². The molecule has 2 heterocycles. The third kappa shape index (κ3) is 3.27. The molecule has 1 aliphatic heterocycles. The number of fused-ring (bicyclic) bond motifs is 1. The molecule has 0 aromatic carbocycles. The van der Waals surface area contributed by atoms with E-state index in [0.717, 1.165) is 0 Å². The average Bonchev–Trinajstić information content (AvgIpc) is 2.51. The number of aromatic nitrogens is 1. The smallest absolute Gasteiger partial charge is 0.0470 e. The fourth-order valence-electron chi connectivity index (χ4n) is 4.53. The quantitative estimate of drug-likeness (QED) is 0.683. The van der Waals surface area contributed by atoms with E-state index in [9.17, 15) is 0 Å². The molecule has 1 aliphatic rings. The first-order chi connectivity index (χ1) is 11.1. The van der Waals surface area contributed by atoms with E-state index in [0.29, 0.717) is 35.8 Å². The zero-order valence-electron chi connectivity index (χ0n) is 17.6. The topological polar surface area (TPSA) is 16.1 Å². The maximum absolute atomic E-state index is 5.08. The zero-order chi connectivity index (χ0) is 18.3. The number of pyridine rings is 1. The molecule has 0 fully saturated rings. The average molecular weight is 331 g/mol. The van der Waals surface area contributed by atoms with Crippen molar-refractivity contribution >= 4 is 0 Å². The highest BCUT2D eigenvalue weighted by Crippen LogP contribution is 2.44. The summed E-state index contributed by atoms with van der Waals surface area (Å²) >= 11 is 0. The first-order valence-electron chi connectivity index (χ1n) is 9.80. The van der Waals surface area contributed by atoms with Gasteiger partial charge >= 0.3 is 0 Å². The Hall–Kier alpha value is -0.890. The van der Waals surface area contributed by atoms with E-state index in [1.54, 1.807) is 11.1 Å². The third-order valence-corrected chi connectivity index (χ3v) is 6.64. The number of likely N-dealkylation sites (N-methyl/N-ethyl adjacent to an activating group) is 1. The van der Waals surface area contributed by atoms with E-state index in [4.69, 9.17) is 4.98 Å². The monoisotopic (exact) mass is 330 g/mol. The van der Waals surface area contributed by atoms with Gasteiger partial charge in [-0.05, 0) is 81.5 Å². The molecule has 136 valence electrons. The van der Waals surface area contributed by atoms with Crippen LogP contribution in [0.1, 0.15) is 101 Å². The van der Waals surface area contributed by atoms with Crippen molar-refractivity contribution in [3.8, 4) is 0 Å². The van der Waals surface area contributed by atoms with Gasteiger partial charge < -0.3 is 4.90 Å². The van der Waals surface area contributed by atoms with Gasteiger partial charge in [-0.15, -0.1) is 0 Å². The predicted octanol–water partition coefficient (Wildman–Crippen LogP) is 5.78. The van der Waals surface area contributed by atoms with Crippen molar-refractivity contribution in [1.29, 1.82) is 0 Å². The minimum Gasteiger partial charge on any atom is -0.300 e. The molecule has 1 aromatic heterocycles. The lowest BCUT2D eigenvalue weighted by atomic mass is 9.72. The van der Waals surface area contributed by atoms with Crippen LogP contribution in [-0.2, 0) is 0 Å². The van der Waals surface area contributed by atoms with Crippen molar-refractivity contribution in [2.24, 2.45) is 5.92 Å². The molecule has 0 amide bonds. The van der Waals surface area contributed by atoms with Gasteiger partial charge in [0.1, 0.15) is 0 Å². The molecule has 0 spiro atoms. The minimum atomic E-state index is 0.481. The van der Waals surface area contributed by atoms with Crippen LogP contribution in [0, 0.1) is 19.8 Å². The predicted molar refractivity (Wildman–Crippen MR) is 105 cm³/mol. The van der Waals surface area contributed by atoms with E-state index in [1.165, 1.54) is 23.4 Å². The van der Waals surface area contributed by atoms with Gasteiger partial charge in [-0.2, -0.15) is 0 Å². The molecule has 0 aliphatic carbocycles. The Morgan fingerprint density at radius 3 is 2.08 bits per heavy atom.